The number of rotatable bonds is 2. The molecule has 0 radical (unpaired) electrons. The molecule has 2 atom stereocenters. The van der Waals surface area contributed by atoms with Crippen LogP contribution in [-0.2, 0) is 7.05 Å². The maximum Gasteiger partial charge on any atom is 0.257 e. The van der Waals surface area contributed by atoms with E-state index in [1.54, 1.807) is 17.1 Å². The van der Waals surface area contributed by atoms with Crippen molar-refractivity contribution in [3.05, 3.63) is 48.2 Å². The second kappa shape index (κ2) is 6.57. The van der Waals surface area contributed by atoms with E-state index in [4.69, 9.17) is 0 Å². The summed E-state index contributed by atoms with van der Waals surface area (Å²) in [6.45, 7) is 3.00. The Balaban J connectivity index is 1.57. The summed E-state index contributed by atoms with van der Waals surface area (Å²) >= 11 is 0. The fraction of sp³-hybridized carbons (Fsp3) is 0.421. The van der Waals surface area contributed by atoms with E-state index in [0.29, 0.717) is 31.5 Å². The first-order valence-electron chi connectivity index (χ1n) is 8.93. The molecule has 7 nitrogen and oxygen atoms in total. The molecule has 3 aromatic heterocycles. The summed E-state index contributed by atoms with van der Waals surface area (Å²) in [5.74, 6) is -0.0116. The molecular formula is C19H23N5O2. The van der Waals surface area contributed by atoms with Crippen molar-refractivity contribution in [2.24, 2.45) is 7.05 Å². The number of nitrogens with zero attached hydrogens (tertiary/aromatic N) is 5. The molecule has 1 N–H and O–H groups in total. The molecule has 26 heavy (non-hydrogen) atoms. The van der Waals surface area contributed by atoms with Crippen molar-refractivity contribution in [1.82, 2.24) is 24.2 Å². The largest absolute Gasteiger partial charge is 0.391 e. The van der Waals surface area contributed by atoms with Crippen molar-refractivity contribution >= 4 is 16.8 Å². The van der Waals surface area contributed by atoms with Gasteiger partial charge in [-0.05, 0) is 31.9 Å². The predicted molar refractivity (Wildman–Crippen MR) is 97.9 cm³/mol. The molecule has 0 bridgehead atoms. The van der Waals surface area contributed by atoms with Crippen LogP contribution in [0, 0.1) is 6.92 Å². The van der Waals surface area contributed by atoms with Crippen molar-refractivity contribution in [3.8, 4) is 0 Å². The van der Waals surface area contributed by atoms with Crippen LogP contribution in [0.1, 0.15) is 34.9 Å². The highest BCUT2D eigenvalue weighted by molar-refractivity contribution is 5.95. The molecule has 1 aliphatic heterocycles. The van der Waals surface area contributed by atoms with E-state index in [-0.39, 0.29) is 11.9 Å². The van der Waals surface area contributed by atoms with Gasteiger partial charge in [0.1, 0.15) is 0 Å². The SMILES string of the molecule is Cc1nn(C)cc1C(=O)N1CC[C@H](O)[C@@H](n2ccc3ccncc32)CC1. The van der Waals surface area contributed by atoms with Crippen LogP contribution in [-0.4, -0.2) is 54.4 Å². The molecule has 0 aliphatic carbocycles. The van der Waals surface area contributed by atoms with Crippen molar-refractivity contribution in [2.75, 3.05) is 13.1 Å². The molecule has 0 spiro atoms. The highest BCUT2D eigenvalue weighted by Gasteiger charge is 2.30. The number of aryl methyl sites for hydroxylation is 2. The van der Waals surface area contributed by atoms with Crippen molar-refractivity contribution in [1.29, 1.82) is 0 Å². The lowest BCUT2D eigenvalue weighted by atomic mass is 10.1. The van der Waals surface area contributed by atoms with Gasteiger partial charge in [-0.25, -0.2) is 0 Å². The Morgan fingerprint density at radius 2 is 2.08 bits per heavy atom. The third-order valence-corrected chi connectivity index (χ3v) is 5.25. The van der Waals surface area contributed by atoms with Gasteiger partial charge in [0, 0.05) is 44.1 Å². The van der Waals surface area contributed by atoms with Gasteiger partial charge in [0.25, 0.3) is 5.91 Å². The van der Waals surface area contributed by atoms with Gasteiger partial charge in [0.05, 0.1) is 35.1 Å². The maximum atomic E-state index is 12.9. The van der Waals surface area contributed by atoms with Gasteiger partial charge in [-0.15, -0.1) is 0 Å². The van der Waals surface area contributed by atoms with Gasteiger partial charge in [0.2, 0.25) is 0 Å². The molecule has 0 aromatic carbocycles. The first-order chi connectivity index (χ1) is 12.5. The van der Waals surface area contributed by atoms with Gasteiger partial charge in [0.15, 0.2) is 0 Å². The van der Waals surface area contributed by atoms with Crippen LogP contribution in [0.15, 0.2) is 36.9 Å². The van der Waals surface area contributed by atoms with E-state index in [0.717, 1.165) is 16.6 Å². The summed E-state index contributed by atoms with van der Waals surface area (Å²) in [6, 6.07) is 3.94. The minimum Gasteiger partial charge on any atom is -0.391 e. The van der Waals surface area contributed by atoms with E-state index >= 15 is 0 Å². The smallest absolute Gasteiger partial charge is 0.257 e. The van der Waals surface area contributed by atoms with Crippen molar-refractivity contribution in [2.45, 2.75) is 31.9 Å². The number of carbonyl (C=O) groups is 1. The summed E-state index contributed by atoms with van der Waals surface area (Å²) < 4.78 is 3.76. The van der Waals surface area contributed by atoms with Crippen LogP contribution in [0.2, 0.25) is 0 Å². The number of amides is 1. The molecule has 4 rings (SSSR count). The number of carbonyl (C=O) groups excluding carboxylic acids is 1. The van der Waals surface area contributed by atoms with Crippen LogP contribution < -0.4 is 0 Å². The van der Waals surface area contributed by atoms with Gasteiger partial charge in [-0.3, -0.25) is 14.5 Å². The number of aliphatic hydroxyl groups excluding tert-OH is 1. The van der Waals surface area contributed by atoms with Gasteiger partial charge in [-0.1, -0.05) is 0 Å². The molecular weight excluding hydrogens is 330 g/mol. The Bertz CT molecular complexity index is 944. The quantitative estimate of drug-likeness (QED) is 0.764. The van der Waals surface area contributed by atoms with E-state index in [1.807, 2.05) is 43.4 Å². The fourth-order valence-electron chi connectivity index (χ4n) is 3.86. The zero-order valence-corrected chi connectivity index (χ0v) is 15.0. The number of aromatic nitrogens is 4. The number of hydrogen-bond donors (Lipinski definition) is 1. The van der Waals surface area contributed by atoms with E-state index in [9.17, 15) is 9.90 Å². The molecule has 1 fully saturated rings. The first kappa shape index (κ1) is 16.8. The maximum absolute atomic E-state index is 12.9. The normalized spacial score (nSPS) is 21.1. The van der Waals surface area contributed by atoms with E-state index in [1.165, 1.54) is 0 Å². The fourth-order valence-corrected chi connectivity index (χ4v) is 3.86. The molecule has 0 unspecified atom stereocenters. The lowest BCUT2D eigenvalue weighted by Gasteiger charge is -2.23. The van der Waals surface area contributed by atoms with Crippen LogP contribution in [0.5, 0.6) is 0 Å². The number of aliphatic hydroxyl groups is 1. The van der Waals surface area contributed by atoms with Crippen molar-refractivity contribution in [3.63, 3.8) is 0 Å². The van der Waals surface area contributed by atoms with Gasteiger partial charge >= 0.3 is 0 Å². The highest BCUT2D eigenvalue weighted by Crippen LogP contribution is 2.28. The van der Waals surface area contributed by atoms with Gasteiger partial charge in [-0.2, -0.15) is 5.10 Å². The van der Waals surface area contributed by atoms with E-state index in [2.05, 4.69) is 14.6 Å². The predicted octanol–water partition coefficient (Wildman–Crippen LogP) is 1.92. The lowest BCUT2D eigenvalue weighted by molar-refractivity contribution is 0.0751. The van der Waals surface area contributed by atoms with Crippen LogP contribution >= 0.6 is 0 Å². The van der Waals surface area contributed by atoms with Crippen LogP contribution in [0.3, 0.4) is 0 Å². The zero-order chi connectivity index (χ0) is 18.3. The Hall–Kier alpha value is -2.67. The van der Waals surface area contributed by atoms with E-state index < -0.39 is 6.10 Å². The Morgan fingerprint density at radius 3 is 2.85 bits per heavy atom. The Kier molecular flexibility index (Phi) is 4.24. The molecule has 1 saturated heterocycles. The second-order valence-electron chi connectivity index (χ2n) is 6.96. The molecule has 1 amide bonds. The average molecular weight is 353 g/mol. The Labute approximate surface area is 151 Å². The van der Waals surface area contributed by atoms with Crippen LogP contribution in [0.4, 0.5) is 0 Å². The average Bonchev–Trinajstić information content (AvgIpc) is 3.14. The lowest BCUT2D eigenvalue weighted by Crippen LogP contribution is -2.32. The first-order valence-corrected chi connectivity index (χ1v) is 8.93. The third-order valence-electron chi connectivity index (χ3n) is 5.25. The monoisotopic (exact) mass is 353 g/mol. The topological polar surface area (TPSA) is 76.2 Å². The molecule has 0 saturated carbocycles. The summed E-state index contributed by atoms with van der Waals surface area (Å²) in [4.78, 5) is 18.9. The van der Waals surface area contributed by atoms with Crippen LogP contribution in [0.25, 0.3) is 10.9 Å². The molecule has 136 valence electrons. The molecule has 7 heteroatoms. The Morgan fingerprint density at radius 1 is 1.27 bits per heavy atom. The molecule has 4 heterocycles. The minimum atomic E-state index is -0.501. The molecule has 3 aromatic rings. The highest BCUT2D eigenvalue weighted by atomic mass is 16.3. The summed E-state index contributed by atoms with van der Waals surface area (Å²) in [5.41, 5.74) is 2.39. The standard InChI is InChI=1S/C19H23N5O2/c1-13-15(12-22(2)21-13)19(26)23-8-5-16(18(25)6-9-23)24-10-4-14-3-7-20-11-17(14)24/h3-4,7,10-12,16,18,25H,5-6,8-9H2,1-2H3/t16-,18-/m0/s1. The minimum absolute atomic E-state index is 0.0116. The summed E-state index contributed by atoms with van der Waals surface area (Å²) in [7, 11) is 1.82. The third kappa shape index (κ3) is 2.88. The number of fused-ring (bicyclic) bond motifs is 1. The zero-order valence-electron chi connectivity index (χ0n) is 15.0. The van der Waals surface area contributed by atoms with Crippen molar-refractivity contribution < 1.29 is 9.90 Å². The van der Waals surface area contributed by atoms with Gasteiger partial charge < -0.3 is 14.6 Å². The second-order valence-corrected chi connectivity index (χ2v) is 6.96. The summed E-state index contributed by atoms with van der Waals surface area (Å²) in [6.07, 6.45) is 8.12. The number of likely N-dealkylation sites (tertiary alicyclic amines) is 1. The number of pyridine rings is 1. The molecule has 1 aliphatic rings. The number of hydrogen-bond acceptors (Lipinski definition) is 4. The summed E-state index contributed by atoms with van der Waals surface area (Å²) in [5, 5.41) is 16.1.